The predicted molar refractivity (Wildman–Crippen MR) is 99.6 cm³/mol. The van der Waals surface area contributed by atoms with Crippen LogP contribution in [0.2, 0.25) is 0 Å². The maximum atomic E-state index is 5.63. The Balaban J connectivity index is 1.71. The summed E-state index contributed by atoms with van der Waals surface area (Å²) in [7, 11) is 0. The molecule has 4 rings (SSSR count). The van der Waals surface area contributed by atoms with Crippen LogP contribution in [0.15, 0.2) is 66.3 Å². The van der Waals surface area contributed by atoms with Crippen LogP contribution in [0.4, 0.5) is 0 Å². The van der Waals surface area contributed by atoms with Crippen molar-refractivity contribution >= 4 is 28.7 Å². The van der Waals surface area contributed by atoms with E-state index in [0.29, 0.717) is 6.54 Å². The summed E-state index contributed by atoms with van der Waals surface area (Å²) in [5, 5.41) is 6.30. The summed E-state index contributed by atoms with van der Waals surface area (Å²) < 4.78 is 0. The van der Waals surface area contributed by atoms with Crippen molar-refractivity contribution in [3.05, 3.63) is 82.6 Å². The van der Waals surface area contributed by atoms with Gasteiger partial charge in [0.15, 0.2) is 5.11 Å². The van der Waals surface area contributed by atoms with Gasteiger partial charge in [-0.3, -0.25) is 9.97 Å². The van der Waals surface area contributed by atoms with Crippen molar-refractivity contribution in [2.45, 2.75) is 18.6 Å². The smallest absolute Gasteiger partial charge is 0.170 e. The van der Waals surface area contributed by atoms with Gasteiger partial charge in [-0.05, 0) is 47.9 Å². The Morgan fingerprint density at radius 2 is 1.88 bits per heavy atom. The fraction of sp³-hybridized carbons (Fsp3) is 0.167. The zero-order valence-electron chi connectivity index (χ0n) is 12.9. The molecule has 3 aromatic rings. The highest BCUT2D eigenvalue weighted by atomic mass is 32.1. The predicted octanol–water partition coefficient (Wildman–Crippen LogP) is 3.71. The molecule has 2 atom stereocenters. The lowest BCUT2D eigenvalue weighted by Crippen LogP contribution is -2.29. The molecule has 0 radical (unpaired) electrons. The van der Waals surface area contributed by atoms with Gasteiger partial charge in [0.25, 0.3) is 0 Å². The Bertz CT molecular complexity index is 806. The minimum absolute atomic E-state index is 0.0427. The van der Waals surface area contributed by atoms with Crippen molar-refractivity contribution in [3.63, 3.8) is 0 Å². The van der Waals surface area contributed by atoms with E-state index in [2.05, 4.69) is 37.7 Å². The molecule has 1 aliphatic heterocycles. The van der Waals surface area contributed by atoms with E-state index in [1.165, 1.54) is 4.88 Å². The number of rotatable bonds is 4. The van der Waals surface area contributed by atoms with Crippen LogP contribution >= 0.6 is 23.6 Å². The summed E-state index contributed by atoms with van der Waals surface area (Å²) in [6.45, 7) is 0.679. The molecule has 1 N–H and O–H groups in total. The maximum Gasteiger partial charge on any atom is 0.170 e. The highest BCUT2D eigenvalue weighted by molar-refractivity contribution is 7.80. The molecule has 0 aromatic carbocycles. The first-order valence-corrected chi connectivity index (χ1v) is 9.03. The summed E-state index contributed by atoms with van der Waals surface area (Å²) in [5.74, 6) is 0. The largest absolute Gasteiger partial charge is 0.352 e. The van der Waals surface area contributed by atoms with E-state index in [0.717, 1.165) is 16.5 Å². The molecule has 24 heavy (non-hydrogen) atoms. The van der Waals surface area contributed by atoms with Crippen molar-refractivity contribution in [1.29, 1.82) is 0 Å². The molecule has 0 bridgehead atoms. The van der Waals surface area contributed by atoms with Gasteiger partial charge in [-0.25, -0.2) is 0 Å². The third kappa shape index (κ3) is 2.90. The van der Waals surface area contributed by atoms with E-state index >= 15 is 0 Å². The van der Waals surface area contributed by atoms with Gasteiger partial charge in [-0.15, -0.1) is 11.3 Å². The Morgan fingerprint density at radius 1 is 1.04 bits per heavy atom. The number of pyridine rings is 2. The van der Waals surface area contributed by atoms with Crippen LogP contribution in [0.3, 0.4) is 0 Å². The number of nitrogens with one attached hydrogen (secondary N) is 1. The lowest BCUT2D eigenvalue weighted by atomic mass is 10.0. The van der Waals surface area contributed by atoms with Gasteiger partial charge in [0.05, 0.1) is 30.0 Å². The topological polar surface area (TPSA) is 41.1 Å². The summed E-state index contributed by atoms with van der Waals surface area (Å²) in [5.41, 5.74) is 2.01. The number of hydrogen-bond acceptors (Lipinski definition) is 4. The molecule has 0 unspecified atom stereocenters. The Kier molecular flexibility index (Phi) is 4.23. The minimum atomic E-state index is 0.0427. The lowest BCUT2D eigenvalue weighted by Gasteiger charge is -2.26. The standard InChI is InChI=1S/C18H16N4S2/c23-18-21-16(14-7-2-4-10-20-14)17(15-8-5-11-24-15)22(18)12-13-6-1-3-9-19-13/h1-11,16-17H,12H2,(H,21,23)/t16-,17+/m0/s1. The molecule has 6 heteroatoms. The molecule has 0 aliphatic carbocycles. The van der Waals surface area contributed by atoms with Crippen LogP contribution in [0, 0.1) is 0 Å². The zero-order valence-corrected chi connectivity index (χ0v) is 14.5. The second-order valence-corrected chi connectivity index (χ2v) is 6.96. The average Bonchev–Trinajstić information content (AvgIpc) is 3.25. The van der Waals surface area contributed by atoms with Gasteiger partial charge in [0.2, 0.25) is 0 Å². The highest BCUT2D eigenvalue weighted by Gasteiger charge is 2.40. The van der Waals surface area contributed by atoms with Crippen molar-refractivity contribution in [2.24, 2.45) is 0 Å². The van der Waals surface area contributed by atoms with E-state index in [1.807, 2.05) is 48.8 Å². The monoisotopic (exact) mass is 352 g/mol. The van der Waals surface area contributed by atoms with E-state index in [1.54, 1.807) is 11.3 Å². The molecule has 0 saturated carbocycles. The lowest BCUT2D eigenvalue weighted by molar-refractivity contribution is 0.312. The normalized spacial score (nSPS) is 20.2. The van der Waals surface area contributed by atoms with Crippen LogP contribution in [0.5, 0.6) is 0 Å². The summed E-state index contributed by atoms with van der Waals surface area (Å²) >= 11 is 7.38. The SMILES string of the molecule is S=C1N[C@@H](c2ccccn2)[C@@H](c2cccs2)N1Cc1ccccn1. The summed E-state index contributed by atoms with van der Waals surface area (Å²) in [6, 6.07) is 16.4. The third-order valence-corrected chi connectivity index (χ3v) is 5.39. The van der Waals surface area contributed by atoms with Crippen molar-refractivity contribution in [2.75, 3.05) is 0 Å². The minimum Gasteiger partial charge on any atom is -0.352 e. The molecule has 3 aromatic heterocycles. The molecule has 0 amide bonds. The first kappa shape index (κ1) is 15.2. The second kappa shape index (κ2) is 6.67. The van der Waals surface area contributed by atoms with Gasteiger partial charge in [0.1, 0.15) is 0 Å². The van der Waals surface area contributed by atoms with Gasteiger partial charge in [0, 0.05) is 17.3 Å². The average molecular weight is 352 g/mol. The van der Waals surface area contributed by atoms with Crippen LogP contribution in [-0.4, -0.2) is 20.0 Å². The van der Waals surface area contributed by atoms with Gasteiger partial charge < -0.3 is 10.2 Å². The molecule has 120 valence electrons. The fourth-order valence-electron chi connectivity index (χ4n) is 3.01. The molecule has 4 heterocycles. The van der Waals surface area contributed by atoms with Crippen LogP contribution in [0.1, 0.15) is 28.3 Å². The van der Waals surface area contributed by atoms with Crippen LogP contribution in [-0.2, 0) is 6.54 Å². The van der Waals surface area contributed by atoms with E-state index < -0.39 is 0 Å². The Morgan fingerprint density at radius 3 is 2.54 bits per heavy atom. The molecule has 1 saturated heterocycles. The number of nitrogens with zero attached hydrogens (tertiary/aromatic N) is 3. The van der Waals surface area contributed by atoms with Gasteiger partial charge >= 0.3 is 0 Å². The van der Waals surface area contributed by atoms with Crippen molar-refractivity contribution in [3.8, 4) is 0 Å². The fourth-order valence-corrected chi connectivity index (χ4v) is 4.19. The molecular weight excluding hydrogens is 336 g/mol. The van der Waals surface area contributed by atoms with Crippen molar-refractivity contribution in [1.82, 2.24) is 20.2 Å². The molecule has 1 aliphatic rings. The van der Waals surface area contributed by atoms with Crippen molar-refractivity contribution < 1.29 is 0 Å². The van der Waals surface area contributed by atoms with Gasteiger partial charge in [-0.1, -0.05) is 18.2 Å². The third-order valence-electron chi connectivity index (χ3n) is 4.09. The molecule has 0 spiro atoms. The van der Waals surface area contributed by atoms with Crippen LogP contribution in [0.25, 0.3) is 0 Å². The van der Waals surface area contributed by atoms with Crippen LogP contribution < -0.4 is 5.32 Å². The number of thiocarbonyl (C=S) groups is 1. The van der Waals surface area contributed by atoms with E-state index in [9.17, 15) is 0 Å². The summed E-state index contributed by atoms with van der Waals surface area (Å²) in [4.78, 5) is 12.5. The number of aromatic nitrogens is 2. The maximum absolute atomic E-state index is 5.63. The molecular formula is C18H16N4S2. The second-order valence-electron chi connectivity index (χ2n) is 5.59. The molecule has 4 nitrogen and oxygen atoms in total. The zero-order chi connectivity index (χ0) is 16.4. The number of hydrogen-bond donors (Lipinski definition) is 1. The first-order valence-electron chi connectivity index (χ1n) is 7.74. The van der Waals surface area contributed by atoms with E-state index in [-0.39, 0.29) is 12.1 Å². The quantitative estimate of drug-likeness (QED) is 0.725. The highest BCUT2D eigenvalue weighted by Crippen LogP contribution is 2.40. The first-order chi connectivity index (χ1) is 11.8. The summed E-state index contributed by atoms with van der Waals surface area (Å²) in [6.07, 6.45) is 3.64. The van der Waals surface area contributed by atoms with Gasteiger partial charge in [-0.2, -0.15) is 0 Å². The Labute approximate surface area is 150 Å². The Hall–Kier alpha value is -2.31. The molecule has 1 fully saturated rings. The number of thiophene rings is 1. The van der Waals surface area contributed by atoms with E-state index in [4.69, 9.17) is 12.2 Å².